The van der Waals surface area contributed by atoms with E-state index in [0.29, 0.717) is 13.2 Å². The zero-order chi connectivity index (χ0) is 10.9. The molecular weight excluding hydrogens is 190 g/mol. The molecule has 0 aromatic heterocycles. The van der Waals surface area contributed by atoms with E-state index in [1.54, 1.807) is 0 Å². The molecule has 2 atom stereocenters. The van der Waals surface area contributed by atoms with Gasteiger partial charge in [-0.3, -0.25) is 0 Å². The van der Waals surface area contributed by atoms with Gasteiger partial charge in [0.15, 0.2) is 0 Å². The minimum atomic E-state index is -0.301. The lowest BCUT2D eigenvalue weighted by Crippen LogP contribution is -2.39. The summed E-state index contributed by atoms with van der Waals surface area (Å²) >= 11 is 0. The second-order valence-corrected chi connectivity index (χ2v) is 4.43. The van der Waals surface area contributed by atoms with Crippen molar-refractivity contribution in [2.75, 3.05) is 19.8 Å². The van der Waals surface area contributed by atoms with Crippen LogP contribution in [0.1, 0.15) is 45.4 Å². The van der Waals surface area contributed by atoms with E-state index < -0.39 is 0 Å². The smallest absolute Gasteiger partial charge is 0.0948 e. The summed E-state index contributed by atoms with van der Waals surface area (Å²) in [6, 6.07) is 0.167. The summed E-state index contributed by atoms with van der Waals surface area (Å²) in [5.41, 5.74) is 0. The second kappa shape index (κ2) is 8.08. The molecule has 0 radical (unpaired) electrons. The van der Waals surface area contributed by atoms with Crippen molar-refractivity contribution in [3.8, 4) is 0 Å². The van der Waals surface area contributed by atoms with Crippen LogP contribution in [0.3, 0.4) is 0 Å². The fraction of sp³-hybridized carbons (Fsp3) is 1.00. The first kappa shape index (κ1) is 12.9. The third-order valence-electron chi connectivity index (χ3n) is 2.99. The highest BCUT2D eigenvalue weighted by Gasteiger charge is 2.24. The monoisotopic (exact) mass is 215 g/mol. The van der Waals surface area contributed by atoms with Gasteiger partial charge in [0.05, 0.1) is 25.4 Å². The zero-order valence-corrected chi connectivity index (χ0v) is 9.87. The summed E-state index contributed by atoms with van der Waals surface area (Å²) in [5, 5.41) is 12.8. The molecule has 1 fully saturated rings. The highest BCUT2D eigenvalue weighted by atomic mass is 16.5. The van der Waals surface area contributed by atoms with E-state index in [2.05, 4.69) is 12.2 Å². The lowest BCUT2D eigenvalue weighted by atomic mass is 10.1. The van der Waals surface area contributed by atoms with E-state index >= 15 is 0 Å². The van der Waals surface area contributed by atoms with Gasteiger partial charge in [-0.25, -0.2) is 0 Å². The maximum absolute atomic E-state index is 9.47. The maximum Gasteiger partial charge on any atom is 0.0948 e. The highest BCUT2D eigenvalue weighted by molar-refractivity contribution is 4.80. The molecule has 0 saturated carbocycles. The number of ether oxygens (including phenoxy) is 1. The Morgan fingerprint density at radius 2 is 1.87 bits per heavy atom. The molecule has 0 aromatic rings. The quantitative estimate of drug-likeness (QED) is 0.606. The van der Waals surface area contributed by atoms with E-state index in [-0.39, 0.29) is 12.1 Å². The van der Waals surface area contributed by atoms with Crippen molar-refractivity contribution in [3.05, 3.63) is 0 Å². The van der Waals surface area contributed by atoms with Crippen LogP contribution in [0.5, 0.6) is 0 Å². The predicted octanol–water partition coefficient (Wildman–Crippen LogP) is 1.70. The molecule has 2 unspecified atom stereocenters. The van der Waals surface area contributed by atoms with E-state index in [0.717, 1.165) is 6.54 Å². The summed E-state index contributed by atoms with van der Waals surface area (Å²) in [6.45, 7) is 4.41. The average molecular weight is 215 g/mol. The van der Waals surface area contributed by atoms with Crippen molar-refractivity contribution in [2.45, 2.75) is 57.6 Å². The van der Waals surface area contributed by atoms with Gasteiger partial charge in [-0.2, -0.15) is 0 Å². The third kappa shape index (κ3) is 5.50. The maximum atomic E-state index is 9.47. The van der Waals surface area contributed by atoms with E-state index in [1.165, 1.54) is 38.5 Å². The molecule has 1 aliphatic rings. The minimum Gasteiger partial charge on any atom is -0.389 e. The van der Waals surface area contributed by atoms with Crippen LogP contribution >= 0.6 is 0 Å². The van der Waals surface area contributed by atoms with Crippen molar-refractivity contribution >= 4 is 0 Å². The van der Waals surface area contributed by atoms with Gasteiger partial charge in [-0.1, -0.05) is 39.0 Å². The molecule has 0 bridgehead atoms. The van der Waals surface area contributed by atoms with Gasteiger partial charge in [0.2, 0.25) is 0 Å². The summed E-state index contributed by atoms with van der Waals surface area (Å²) in [4.78, 5) is 0. The summed E-state index contributed by atoms with van der Waals surface area (Å²) < 4.78 is 5.17. The Bertz CT molecular complexity index is 153. The van der Waals surface area contributed by atoms with Crippen LogP contribution < -0.4 is 5.32 Å². The molecule has 0 aliphatic carbocycles. The number of unbranched alkanes of at least 4 members (excludes halogenated alkanes) is 5. The number of hydrogen-bond acceptors (Lipinski definition) is 3. The van der Waals surface area contributed by atoms with Crippen LogP contribution in [0.25, 0.3) is 0 Å². The molecule has 0 spiro atoms. The molecule has 1 rings (SSSR count). The Morgan fingerprint density at radius 3 is 2.53 bits per heavy atom. The molecule has 2 N–H and O–H groups in total. The fourth-order valence-electron chi connectivity index (χ4n) is 1.93. The minimum absolute atomic E-state index is 0.167. The molecule has 0 aromatic carbocycles. The topological polar surface area (TPSA) is 41.5 Å². The van der Waals surface area contributed by atoms with Crippen LogP contribution in [0.2, 0.25) is 0 Å². The summed E-state index contributed by atoms with van der Waals surface area (Å²) in [5.74, 6) is 0. The Hall–Kier alpha value is -0.120. The largest absolute Gasteiger partial charge is 0.389 e. The van der Waals surface area contributed by atoms with Crippen molar-refractivity contribution in [2.24, 2.45) is 0 Å². The van der Waals surface area contributed by atoms with Gasteiger partial charge in [0, 0.05) is 0 Å². The Balaban J connectivity index is 1.84. The van der Waals surface area contributed by atoms with Gasteiger partial charge < -0.3 is 15.2 Å². The first-order chi connectivity index (χ1) is 7.34. The normalized spacial score (nSPS) is 26.0. The number of aliphatic hydroxyl groups is 1. The highest BCUT2D eigenvalue weighted by Crippen LogP contribution is 2.07. The van der Waals surface area contributed by atoms with Crippen molar-refractivity contribution in [1.29, 1.82) is 0 Å². The summed E-state index contributed by atoms with van der Waals surface area (Å²) in [7, 11) is 0. The SMILES string of the molecule is CCCCCCCCNC1COCC1O. The molecule has 15 heavy (non-hydrogen) atoms. The molecular formula is C12H25NO2. The molecule has 90 valence electrons. The molecule has 3 heteroatoms. The van der Waals surface area contributed by atoms with Crippen LogP contribution in [-0.2, 0) is 4.74 Å². The van der Waals surface area contributed by atoms with Gasteiger partial charge in [-0.05, 0) is 13.0 Å². The zero-order valence-electron chi connectivity index (χ0n) is 9.87. The van der Waals surface area contributed by atoms with Crippen molar-refractivity contribution in [3.63, 3.8) is 0 Å². The van der Waals surface area contributed by atoms with Crippen LogP contribution in [0, 0.1) is 0 Å². The van der Waals surface area contributed by atoms with Crippen LogP contribution in [0.4, 0.5) is 0 Å². The first-order valence-electron chi connectivity index (χ1n) is 6.33. The number of nitrogens with one attached hydrogen (secondary N) is 1. The van der Waals surface area contributed by atoms with Crippen LogP contribution in [-0.4, -0.2) is 37.0 Å². The van der Waals surface area contributed by atoms with Crippen LogP contribution in [0.15, 0.2) is 0 Å². The molecule has 1 saturated heterocycles. The molecule has 3 nitrogen and oxygen atoms in total. The van der Waals surface area contributed by atoms with Gasteiger partial charge in [-0.15, -0.1) is 0 Å². The van der Waals surface area contributed by atoms with E-state index in [1.807, 2.05) is 0 Å². The lowest BCUT2D eigenvalue weighted by molar-refractivity contribution is 0.122. The standard InChI is InChI=1S/C12H25NO2/c1-2-3-4-5-6-7-8-13-11-9-15-10-12(11)14/h11-14H,2-10H2,1H3. The van der Waals surface area contributed by atoms with Gasteiger partial charge in [0.25, 0.3) is 0 Å². The van der Waals surface area contributed by atoms with E-state index in [4.69, 9.17) is 4.74 Å². The molecule has 1 heterocycles. The Kier molecular flexibility index (Phi) is 6.98. The number of rotatable bonds is 8. The van der Waals surface area contributed by atoms with Gasteiger partial charge >= 0.3 is 0 Å². The Morgan fingerprint density at radius 1 is 1.13 bits per heavy atom. The first-order valence-corrected chi connectivity index (χ1v) is 6.33. The van der Waals surface area contributed by atoms with Crippen molar-refractivity contribution < 1.29 is 9.84 Å². The molecule has 0 amide bonds. The lowest BCUT2D eigenvalue weighted by Gasteiger charge is -2.13. The molecule has 1 aliphatic heterocycles. The predicted molar refractivity (Wildman–Crippen MR) is 62.0 cm³/mol. The van der Waals surface area contributed by atoms with Gasteiger partial charge in [0.1, 0.15) is 0 Å². The fourth-order valence-corrected chi connectivity index (χ4v) is 1.93. The average Bonchev–Trinajstić information content (AvgIpc) is 2.63. The summed E-state index contributed by atoms with van der Waals surface area (Å²) in [6.07, 6.45) is 7.60. The number of aliphatic hydroxyl groups excluding tert-OH is 1. The number of hydrogen-bond donors (Lipinski definition) is 2. The van der Waals surface area contributed by atoms with Crippen molar-refractivity contribution in [1.82, 2.24) is 5.32 Å². The van der Waals surface area contributed by atoms with E-state index in [9.17, 15) is 5.11 Å². The Labute approximate surface area is 93.2 Å². The third-order valence-corrected chi connectivity index (χ3v) is 2.99. The second-order valence-electron chi connectivity index (χ2n) is 4.43.